The molecule has 1 rings (SSSR count). The molecule has 0 aliphatic heterocycles. The number of unbranched alkanes of at least 4 members (excludes halogenated alkanes) is 1. The average molecular weight is 234 g/mol. The third kappa shape index (κ3) is 7.14. The van der Waals surface area contributed by atoms with Crippen molar-refractivity contribution in [3.05, 3.63) is 35.9 Å². The van der Waals surface area contributed by atoms with Gasteiger partial charge < -0.3 is 10.2 Å². The van der Waals surface area contributed by atoms with Crippen LogP contribution in [0.25, 0.3) is 0 Å². The zero-order chi connectivity index (χ0) is 12.3. The highest BCUT2D eigenvalue weighted by atomic mass is 15.1. The van der Waals surface area contributed by atoms with Gasteiger partial charge in [-0.05, 0) is 45.0 Å². The molecule has 0 atom stereocenters. The summed E-state index contributed by atoms with van der Waals surface area (Å²) in [5.74, 6) is 0. The van der Waals surface area contributed by atoms with Crippen molar-refractivity contribution < 1.29 is 0 Å². The van der Waals surface area contributed by atoms with E-state index in [9.17, 15) is 0 Å². The van der Waals surface area contributed by atoms with Crippen LogP contribution in [-0.4, -0.2) is 38.1 Å². The lowest BCUT2D eigenvalue weighted by molar-refractivity contribution is 0.325. The summed E-state index contributed by atoms with van der Waals surface area (Å²) in [4.78, 5) is 2.41. The van der Waals surface area contributed by atoms with E-state index in [-0.39, 0.29) is 0 Å². The molecule has 17 heavy (non-hydrogen) atoms. The Morgan fingerprint density at radius 3 is 2.53 bits per heavy atom. The van der Waals surface area contributed by atoms with Gasteiger partial charge in [0.05, 0.1) is 0 Å². The molecule has 0 aliphatic rings. The molecule has 0 radical (unpaired) electrons. The Hall–Kier alpha value is -0.860. The standard InChI is InChI=1S/C15H26N2/c1-3-16-12-14-17(2)13-8-7-11-15-9-5-4-6-10-15/h4-6,9-10,16H,3,7-8,11-14H2,1-2H3. The first-order valence-corrected chi connectivity index (χ1v) is 6.76. The Bertz CT molecular complexity index is 272. The van der Waals surface area contributed by atoms with E-state index in [1.807, 2.05) is 0 Å². The quantitative estimate of drug-likeness (QED) is 0.661. The molecule has 0 fully saturated rings. The third-order valence-electron chi connectivity index (χ3n) is 3.02. The van der Waals surface area contributed by atoms with Gasteiger partial charge in [0.15, 0.2) is 0 Å². The van der Waals surface area contributed by atoms with Crippen LogP contribution in [0, 0.1) is 0 Å². The van der Waals surface area contributed by atoms with Gasteiger partial charge in [-0.3, -0.25) is 0 Å². The van der Waals surface area contributed by atoms with Crippen molar-refractivity contribution in [2.24, 2.45) is 0 Å². The summed E-state index contributed by atoms with van der Waals surface area (Å²) >= 11 is 0. The van der Waals surface area contributed by atoms with Gasteiger partial charge in [0.1, 0.15) is 0 Å². The molecule has 1 aromatic rings. The molecule has 0 heterocycles. The first kappa shape index (κ1) is 14.2. The largest absolute Gasteiger partial charge is 0.316 e. The molecular formula is C15H26N2. The van der Waals surface area contributed by atoms with Crippen molar-refractivity contribution in [1.82, 2.24) is 10.2 Å². The Morgan fingerprint density at radius 2 is 1.82 bits per heavy atom. The number of benzene rings is 1. The molecule has 2 heteroatoms. The predicted molar refractivity (Wildman–Crippen MR) is 75.4 cm³/mol. The highest BCUT2D eigenvalue weighted by molar-refractivity contribution is 5.14. The van der Waals surface area contributed by atoms with Gasteiger partial charge >= 0.3 is 0 Å². The van der Waals surface area contributed by atoms with Gasteiger partial charge in [-0.15, -0.1) is 0 Å². The second kappa shape index (κ2) is 9.20. The normalized spacial score (nSPS) is 11.0. The molecule has 96 valence electrons. The Kier molecular flexibility index (Phi) is 7.69. The maximum atomic E-state index is 3.35. The van der Waals surface area contributed by atoms with Crippen LogP contribution in [0.1, 0.15) is 25.3 Å². The van der Waals surface area contributed by atoms with E-state index in [0.717, 1.165) is 19.6 Å². The average Bonchev–Trinajstić information content (AvgIpc) is 2.36. The molecule has 0 amide bonds. The van der Waals surface area contributed by atoms with E-state index in [1.54, 1.807) is 0 Å². The summed E-state index contributed by atoms with van der Waals surface area (Å²) in [6.07, 6.45) is 3.79. The number of hydrogen-bond donors (Lipinski definition) is 1. The predicted octanol–water partition coefficient (Wildman–Crippen LogP) is 2.55. The molecule has 0 aromatic heterocycles. The van der Waals surface area contributed by atoms with Crippen molar-refractivity contribution in [3.8, 4) is 0 Å². The first-order valence-electron chi connectivity index (χ1n) is 6.76. The number of hydrogen-bond acceptors (Lipinski definition) is 2. The number of rotatable bonds is 9. The summed E-state index contributed by atoms with van der Waals surface area (Å²) in [5, 5.41) is 3.35. The molecule has 0 unspecified atom stereocenters. The van der Waals surface area contributed by atoms with Crippen LogP contribution in [-0.2, 0) is 6.42 Å². The minimum Gasteiger partial charge on any atom is -0.316 e. The van der Waals surface area contributed by atoms with Gasteiger partial charge in [-0.25, -0.2) is 0 Å². The molecule has 0 aliphatic carbocycles. The molecule has 1 aromatic carbocycles. The fourth-order valence-corrected chi connectivity index (χ4v) is 1.91. The van der Waals surface area contributed by atoms with Crippen molar-refractivity contribution in [2.45, 2.75) is 26.2 Å². The van der Waals surface area contributed by atoms with E-state index < -0.39 is 0 Å². The van der Waals surface area contributed by atoms with Gasteiger partial charge in [0.2, 0.25) is 0 Å². The number of nitrogens with zero attached hydrogens (tertiary/aromatic N) is 1. The monoisotopic (exact) mass is 234 g/mol. The second-order valence-electron chi connectivity index (χ2n) is 4.60. The van der Waals surface area contributed by atoms with E-state index >= 15 is 0 Å². The van der Waals surface area contributed by atoms with Crippen molar-refractivity contribution in [2.75, 3.05) is 33.2 Å². The van der Waals surface area contributed by atoms with Crippen LogP contribution in [0.4, 0.5) is 0 Å². The Balaban J connectivity index is 2.00. The fourth-order valence-electron chi connectivity index (χ4n) is 1.91. The van der Waals surface area contributed by atoms with Crippen LogP contribution >= 0.6 is 0 Å². The summed E-state index contributed by atoms with van der Waals surface area (Å²) in [7, 11) is 2.21. The van der Waals surface area contributed by atoms with Crippen molar-refractivity contribution >= 4 is 0 Å². The van der Waals surface area contributed by atoms with Crippen molar-refractivity contribution in [3.63, 3.8) is 0 Å². The van der Waals surface area contributed by atoms with E-state index in [4.69, 9.17) is 0 Å². The minimum absolute atomic E-state index is 1.07. The number of nitrogens with one attached hydrogen (secondary N) is 1. The van der Waals surface area contributed by atoms with Gasteiger partial charge in [-0.1, -0.05) is 37.3 Å². The first-order chi connectivity index (χ1) is 8.33. The lowest BCUT2D eigenvalue weighted by Gasteiger charge is -2.16. The van der Waals surface area contributed by atoms with Crippen LogP contribution < -0.4 is 5.32 Å². The fraction of sp³-hybridized carbons (Fsp3) is 0.600. The van der Waals surface area contributed by atoms with E-state index in [1.165, 1.54) is 31.4 Å². The zero-order valence-corrected chi connectivity index (χ0v) is 11.3. The lowest BCUT2D eigenvalue weighted by atomic mass is 10.1. The van der Waals surface area contributed by atoms with Gasteiger partial charge in [0, 0.05) is 13.1 Å². The van der Waals surface area contributed by atoms with E-state index in [0.29, 0.717) is 0 Å². The van der Waals surface area contributed by atoms with E-state index in [2.05, 4.69) is 54.5 Å². The van der Waals surface area contributed by atoms with Crippen LogP contribution in [0.5, 0.6) is 0 Å². The van der Waals surface area contributed by atoms with Crippen LogP contribution in [0.2, 0.25) is 0 Å². The molecule has 0 bridgehead atoms. The summed E-state index contributed by atoms with van der Waals surface area (Å²) in [5.41, 5.74) is 1.46. The highest BCUT2D eigenvalue weighted by Crippen LogP contribution is 2.04. The van der Waals surface area contributed by atoms with Crippen LogP contribution in [0.15, 0.2) is 30.3 Å². The zero-order valence-electron chi connectivity index (χ0n) is 11.3. The summed E-state index contributed by atoms with van der Waals surface area (Å²) in [6, 6.07) is 10.8. The maximum Gasteiger partial charge on any atom is 0.0104 e. The second-order valence-corrected chi connectivity index (χ2v) is 4.60. The smallest absolute Gasteiger partial charge is 0.0104 e. The van der Waals surface area contributed by atoms with Gasteiger partial charge in [0.25, 0.3) is 0 Å². The molecule has 0 saturated carbocycles. The third-order valence-corrected chi connectivity index (χ3v) is 3.02. The SMILES string of the molecule is CCNCCN(C)CCCCc1ccccc1. The molecule has 2 nitrogen and oxygen atoms in total. The summed E-state index contributed by atoms with van der Waals surface area (Å²) < 4.78 is 0. The Morgan fingerprint density at radius 1 is 1.06 bits per heavy atom. The number of likely N-dealkylation sites (N-methyl/N-ethyl adjacent to an activating group) is 2. The number of aryl methyl sites for hydroxylation is 1. The molecule has 0 saturated heterocycles. The topological polar surface area (TPSA) is 15.3 Å². The maximum absolute atomic E-state index is 3.35. The lowest BCUT2D eigenvalue weighted by Crippen LogP contribution is -2.29. The van der Waals surface area contributed by atoms with Gasteiger partial charge in [-0.2, -0.15) is 0 Å². The molecule has 0 spiro atoms. The highest BCUT2D eigenvalue weighted by Gasteiger charge is 1.98. The molecular weight excluding hydrogens is 208 g/mol. The van der Waals surface area contributed by atoms with Crippen LogP contribution in [0.3, 0.4) is 0 Å². The minimum atomic E-state index is 1.07. The molecule has 1 N–H and O–H groups in total. The Labute approximate surface area is 106 Å². The van der Waals surface area contributed by atoms with Crippen molar-refractivity contribution in [1.29, 1.82) is 0 Å². The summed E-state index contributed by atoms with van der Waals surface area (Å²) in [6.45, 7) is 6.69.